The van der Waals surface area contributed by atoms with Crippen LogP contribution in [0.3, 0.4) is 0 Å². The van der Waals surface area contributed by atoms with Gasteiger partial charge in [0.1, 0.15) is 24.7 Å². The molecule has 6 heteroatoms. The first-order valence-corrected chi connectivity index (χ1v) is 12.5. The van der Waals surface area contributed by atoms with Gasteiger partial charge in [0.15, 0.2) is 5.43 Å². The predicted octanol–water partition coefficient (Wildman–Crippen LogP) is 7.57. The first-order chi connectivity index (χ1) is 18.7. The van der Waals surface area contributed by atoms with Gasteiger partial charge in [0.25, 0.3) is 0 Å². The Morgan fingerprint density at radius 1 is 0.684 bits per heavy atom. The van der Waals surface area contributed by atoms with Crippen molar-refractivity contribution in [3.8, 4) is 11.5 Å². The smallest absolute Gasteiger partial charge is 0.189 e. The Morgan fingerprint density at radius 3 is 1.95 bits per heavy atom. The van der Waals surface area contributed by atoms with Gasteiger partial charge in [-0.15, -0.1) is 0 Å². The third-order valence-electron chi connectivity index (χ3n) is 5.89. The van der Waals surface area contributed by atoms with E-state index in [-0.39, 0.29) is 5.43 Å². The second-order valence-electron chi connectivity index (χ2n) is 8.57. The van der Waals surface area contributed by atoms with Gasteiger partial charge in [0, 0.05) is 41.4 Å². The van der Waals surface area contributed by atoms with E-state index in [1.165, 1.54) is 6.07 Å². The van der Waals surface area contributed by atoms with Gasteiger partial charge in [0.05, 0.1) is 16.1 Å². The van der Waals surface area contributed by atoms with Crippen LogP contribution in [0.25, 0.3) is 21.8 Å². The van der Waals surface area contributed by atoms with Crippen molar-refractivity contribution >= 4 is 33.4 Å². The van der Waals surface area contributed by atoms with Crippen molar-refractivity contribution < 1.29 is 9.47 Å². The molecule has 0 spiro atoms. The second kappa shape index (κ2) is 12.1. The summed E-state index contributed by atoms with van der Waals surface area (Å²) in [5, 5.41) is 2.32. The molecule has 1 N–H and O–H groups in total. The summed E-state index contributed by atoms with van der Waals surface area (Å²) in [5.74, 6) is 1.55. The van der Waals surface area contributed by atoms with Crippen molar-refractivity contribution in [2.75, 3.05) is 0 Å². The van der Waals surface area contributed by atoms with Crippen molar-refractivity contribution in [2.24, 2.45) is 0 Å². The molecule has 0 atom stereocenters. The third kappa shape index (κ3) is 6.38. The molecule has 0 saturated heterocycles. The van der Waals surface area contributed by atoms with E-state index in [1.807, 2.05) is 91.0 Å². The molecule has 5 nitrogen and oxygen atoms in total. The lowest BCUT2D eigenvalue weighted by Gasteiger charge is -2.07. The van der Waals surface area contributed by atoms with Crippen LogP contribution in [-0.4, -0.2) is 9.97 Å². The highest BCUT2D eigenvalue weighted by molar-refractivity contribution is 6.35. The summed E-state index contributed by atoms with van der Waals surface area (Å²) >= 11 is 6.10. The molecule has 0 fully saturated rings. The lowest BCUT2D eigenvalue weighted by molar-refractivity contribution is 0.306. The van der Waals surface area contributed by atoms with E-state index in [1.54, 1.807) is 24.5 Å². The Bertz CT molecular complexity index is 1700. The number of nitrogens with zero attached hydrogens (tertiary/aromatic N) is 1. The van der Waals surface area contributed by atoms with Gasteiger partial charge in [-0.1, -0.05) is 72.3 Å². The number of aromatic amines is 1. The quantitative estimate of drug-likeness (QED) is 0.246. The van der Waals surface area contributed by atoms with Gasteiger partial charge < -0.3 is 14.5 Å². The zero-order valence-electron chi connectivity index (χ0n) is 20.5. The summed E-state index contributed by atoms with van der Waals surface area (Å²) in [6.07, 6.45) is 3.34. The van der Waals surface area contributed by atoms with Crippen molar-refractivity contribution in [1.82, 2.24) is 9.97 Å². The normalized spacial score (nSPS) is 10.6. The number of nitrogens with one attached hydrogen (secondary N) is 1. The molecule has 0 unspecified atom stereocenters. The molecule has 0 amide bonds. The van der Waals surface area contributed by atoms with Crippen LogP contribution in [0.4, 0.5) is 0 Å². The maximum Gasteiger partial charge on any atom is 0.189 e. The summed E-state index contributed by atoms with van der Waals surface area (Å²) in [6, 6.07) is 34.6. The highest BCUT2D eigenvalue weighted by atomic mass is 35.5. The Hall–Kier alpha value is -4.61. The number of hydrogen-bond acceptors (Lipinski definition) is 4. The molecule has 0 saturated carbocycles. The van der Waals surface area contributed by atoms with Crippen molar-refractivity contribution in [1.29, 1.82) is 0 Å². The lowest BCUT2D eigenvalue weighted by atomic mass is 10.2. The minimum atomic E-state index is 0.0170. The van der Waals surface area contributed by atoms with Gasteiger partial charge in [-0.3, -0.25) is 9.78 Å². The number of fused-ring (bicyclic) bond motifs is 2. The van der Waals surface area contributed by atoms with Gasteiger partial charge in [0.2, 0.25) is 0 Å². The molecular formula is C32H25ClN2O3. The molecule has 188 valence electrons. The minimum Gasteiger partial charge on any atom is -0.489 e. The predicted molar refractivity (Wildman–Crippen MR) is 153 cm³/mol. The SMILES string of the molecule is Clc1ccnc2cc(OCc3ccccc3)ccc12.O=c1cc[nH]c2cc(OCc3ccccc3)ccc12. The minimum absolute atomic E-state index is 0.0170. The van der Waals surface area contributed by atoms with Gasteiger partial charge in [-0.2, -0.15) is 0 Å². The Kier molecular flexibility index (Phi) is 7.97. The van der Waals surface area contributed by atoms with Crippen LogP contribution in [0, 0.1) is 0 Å². The van der Waals surface area contributed by atoms with Crippen LogP contribution in [-0.2, 0) is 13.2 Å². The topological polar surface area (TPSA) is 64.2 Å². The zero-order valence-corrected chi connectivity index (χ0v) is 21.3. The van der Waals surface area contributed by atoms with Crippen LogP contribution in [0.5, 0.6) is 11.5 Å². The molecule has 2 heterocycles. The van der Waals surface area contributed by atoms with E-state index >= 15 is 0 Å². The van der Waals surface area contributed by atoms with E-state index in [4.69, 9.17) is 21.1 Å². The molecule has 6 aromatic rings. The average molecular weight is 521 g/mol. The average Bonchev–Trinajstić information content (AvgIpc) is 2.97. The molecule has 0 aliphatic rings. The first-order valence-electron chi connectivity index (χ1n) is 12.1. The molecule has 2 aromatic heterocycles. The maximum atomic E-state index is 11.6. The molecule has 0 radical (unpaired) electrons. The Balaban J connectivity index is 0.000000155. The number of aromatic nitrogens is 2. The van der Waals surface area contributed by atoms with E-state index in [9.17, 15) is 4.79 Å². The Labute approximate surface area is 225 Å². The van der Waals surface area contributed by atoms with Crippen LogP contribution in [0.1, 0.15) is 11.1 Å². The Morgan fingerprint density at radius 2 is 1.29 bits per heavy atom. The molecule has 6 rings (SSSR count). The number of pyridine rings is 2. The van der Waals surface area contributed by atoms with Crippen LogP contribution in [0.2, 0.25) is 5.02 Å². The molecule has 38 heavy (non-hydrogen) atoms. The van der Waals surface area contributed by atoms with Crippen molar-refractivity contribution in [3.63, 3.8) is 0 Å². The summed E-state index contributed by atoms with van der Waals surface area (Å²) < 4.78 is 11.5. The summed E-state index contributed by atoms with van der Waals surface area (Å²) in [6.45, 7) is 1.07. The number of H-pyrrole nitrogens is 1. The second-order valence-corrected chi connectivity index (χ2v) is 8.98. The maximum absolute atomic E-state index is 11.6. The van der Waals surface area contributed by atoms with Crippen molar-refractivity contribution in [2.45, 2.75) is 13.2 Å². The largest absolute Gasteiger partial charge is 0.489 e. The highest BCUT2D eigenvalue weighted by Gasteiger charge is 2.03. The number of ether oxygens (including phenoxy) is 2. The lowest BCUT2D eigenvalue weighted by Crippen LogP contribution is -2.00. The van der Waals surface area contributed by atoms with E-state index in [0.717, 1.165) is 39.0 Å². The zero-order chi connectivity index (χ0) is 26.2. The van der Waals surface area contributed by atoms with E-state index in [0.29, 0.717) is 23.6 Å². The summed E-state index contributed by atoms with van der Waals surface area (Å²) in [7, 11) is 0. The number of rotatable bonds is 6. The van der Waals surface area contributed by atoms with Crippen molar-refractivity contribution in [3.05, 3.63) is 148 Å². The number of hydrogen-bond donors (Lipinski definition) is 1. The fraction of sp³-hybridized carbons (Fsp3) is 0.0625. The van der Waals surface area contributed by atoms with E-state index < -0.39 is 0 Å². The molecular weight excluding hydrogens is 496 g/mol. The van der Waals surface area contributed by atoms with Gasteiger partial charge in [-0.05, 0) is 41.5 Å². The highest BCUT2D eigenvalue weighted by Crippen LogP contribution is 2.25. The number of halogens is 1. The molecule has 0 bridgehead atoms. The fourth-order valence-electron chi connectivity index (χ4n) is 3.91. The molecule has 0 aliphatic heterocycles. The number of benzene rings is 4. The summed E-state index contributed by atoms with van der Waals surface area (Å²) in [4.78, 5) is 19.0. The van der Waals surface area contributed by atoms with Gasteiger partial charge >= 0.3 is 0 Å². The monoisotopic (exact) mass is 520 g/mol. The van der Waals surface area contributed by atoms with Crippen LogP contribution >= 0.6 is 11.6 Å². The molecule has 4 aromatic carbocycles. The van der Waals surface area contributed by atoms with Crippen LogP contribution < -0.4 is 14.9 Å². The van der Waals surface area contributed by atoms with Crippen LogP contribution in [0.15, 0.2) is 126 Å². The standard InChI is InChI=1S/C16H12ClNO.C16H13NO2/c17-15-8-9-18-16-10-13(6-7-14(15)16)19-11-12-4-2-1-3-5-12;18-16-8-9-17-15-10-13(6-7-14(15)16)19-11-12-4-2-1-3-5-12/h1-10H,11H2;1-10H,11H2,(H,17,18). The third-order valence-corrected chi connectivity index (χ3v) is 6.22. The summed E-state index contributed by atoms with van der Waals surface area (Å²) in [5.41, 5.74) is 3.91. The molecule has 0 aliphatic carbocycles. The van der Waals surface area contributed by atoms with Gasteiger partial charge in [-0.25, -0.2) is 0 Å². The first kappa shape index (κ1) is 25.1. The van der Waals surface area contributed by atoms with E-state index in [2.05, 4.69) is 9.97 Å². The fourth-order valence-corrected chi connectivity index (χ4v) is 4.13.